The van der Waals surface area contributed by atoms with Gasteiger partial charge in [0.2, 0.25) is 0 Å². The van der Waals surface area contributed by atoms with Gasteiger partial charge in [-0.3, -0.25) is 5.32 Å². The van der Waals surface area contributed by atoms with E-state index < -0.39 is 0 Å². The minimum atomic E-state index is -0.178. The van der Waals surface area contributed by atoms with E-state index in [9.17, 15) is 0 Å². The van der Waals surface area contributed by atoms with Crippen molar-refractivity contribution in [2.75, 3.05) is 26.4 Å². The highest BCUT2D eigenvalue weighted by Gasteiger charge is 2.29. The predicted molar refractivity (Wildman–Crippen MR) is 33.4 cm³/mol. The van der Waals surface area contributed by atoms with Crippen LogP contribution in [-0.2, 0) is 14.2 Å². The Morgan fingerprint density at radius 2 is 1.80 bits per heavy atom. The molecule has 4 nitrogen and oxygen atoms in total. The third-order valence-corrected chi connectivity index (χ3v) is 1.64. The quantitative estimate of drug-likeness (QED) is 0.530. The summed E-state index contributed by atoms with van der Waals surface area (Å²) in [6, 6.07) is 0. The van der Waals surface area contributed by atoms with Crippen molar-refractivity contribution in [1.29, 1.82) is 0 Å². The summed E-state index contributed by atoms with van der Waals surface area (Å²) in [6.07, 6.45) is -0.218. The lowest BCUT2D eigenvalue weighted by atomic mass is 10.5. The maximum Gasteiger partial charge on any atom is 0.197 e. The second-order valence-corrected chi connectivity index (χ2v) is 2.36. The first kappa shape index (κ1) is 6.54. The molecule has 2 rings (SSSR count). The molecule has 2 heterocycles. The normalized spacial score (nSPS) is 35.4. The summed E-state index contributed by atoms with van der Waals surface area (Å²) in [5.74, 6) is 0. The van der Waals surface area contributed by atoms with Crippen molar-refractivity contribution in [3.05, 3.63) is 0 Å². The van der Waals surface area contributed by atoms with E-state index in [1.165, 1.54) is 0 Å². The maximum atomic E-state index is 5.28. The fourth-order valence-electron chi connectivity index (χ4n) is 1.17. The lowest BCUT2D eigenvalue weighted by Crippen LogP contribution is -2.36. The fraction of sp³-hybridized carbons (Fsp3) is 1.00. The Bertz CT molecular complexity index is 93.6. The van der Waals surface area contributed by atoms with Gasteiger partial charge in [0.05, 0.1) is 19.8 Å². The molecule has 0 aromatic rings. The van der Waals surface area contributed by atoms with Crippen LogP contribution in [0.2, 0.25) is 0 Å². The van der Waals surface area contributed by atoms with Gasteiger partial charge in [0.1, 0.15) is 0 Å². The first-order valence-corrected chi connectivity index (χ1v) is 3.55. The lowest BCUT2D eigenvalue weighted by molar-refractivity contribution is -0.132. The van der Waals surface area contributed by atoms with Crippen LogP contribution in [0.3, 0.4) is 0 Å². The Morgan fingerprint density at radius 1 is 1.00 bits per heavy atom. The number of hydrogen-bond acceptors (Lipinski definition) is 4. The molecule has 0 saturated carbocycles. The molecule has 0 radical (unpaired) electrons. The van der Waals surface area contributed by atoms with Gasteiger partial charge in [-0.05, 0) is 0 Å². The van der Waals surface area contributed by atoms with E-state index in [4.69, 9.17) is 14.2 Å². The molecule has 2 aliphatic heterocycles. The van der Waals surface area contributed by atoms with Gasteiger partial charge in [-0.1, -0.05) is 0 Å². The molecule has 10 heavy (non-hydrogen) atoms. The summed E-state index contributed by atoms with van der Waals surface area (Å²) >= 11 is 0. The van der Waals surface area contributed by atoms with E-state index in [0.717, 1.165) is 13.2 Å². The second-order valence-electron chi connectivity index (χ2n) is 2.36. The molecule has 2 aliphatic rings. The van der Waals surface area contributed by atoms with Gasteiger partial charge in [-0.15, -0.1) is 0 Å². The smallest absolute Gasteiger partial charge is 0.197 e. The molecular formula is C6H11NO3. The van der Waals surface area contributed by atoms with Crippen molar-refractivity contribution in [2.24, 2.45) is 0 Å². The van der Waals surface area contributed by atoms with Crippen molar-refractivity contribution in [3.8, 4) is 0 Å². The van der Waals surface area contributed by atoms with E-state index in [-0.39, 0.29) is 12.5 Å². The summed E-state index contributed by atoms with van der Waals surface area (Å²) in [6.45, 7) is 3.03. The Labute approximate surface area is 59.4 Å². The van der Waals surface area contributed by atoms with Gasteiger partial charge in [0.15, 0.2) is 12.5 Å². The van der Waals surface area contributed by atoms with Crippen LogP contribution in [0, 0.1) is 0 Å². The standard InChI is InChI=1S/C6H11NO3/c1-2-8-5(7-1)6-9-3-4-10-6/h5-7H,1-4H2. The first-order chi connectivity index (χ1) is 4.97. The molecule has 2 fully saturated rings. The highest BCUT2D eigenvalue weighted by Crippen LogP contribution is 2.11. The molecule has 0 aliphatic carbocycles. The van der Waals surface area contributed by atoms with E-state index >= 15 is 0 Å². The summed E-state index contributed by atoms with van der Waals surface area (Å²) < 4.78 is 15.7. The van der Waals surface area contributed by atoms with Crippen molar-refractivity contribution in [1.82, 2.24) is 5.32 Å². The zero-order chi connectivity index (χ0) is 6.81. The van der Waals surface area contributed by atoms with Gasteiger partial charge >= 0.3 is 0 Å². The Balaban J connectivity index is 1.85. The fourth-order valence-corrected chi connectivity index (χ4v) is 1.17. The number of rotatable bonds is 1. The zero-order valence-electron chi connectivity index (χ0n) is 5.71. The van der Waals surface area contributed by atoms with Gasteiger partial charge in [-0.2, -0.15) is 0 Å². The summed E-state index contributed by atoms with van der Waals surface area (Å²) in [5.41, 5.74) is 0. The Kier molecular flexibility index (Phi) is 1.86. The molecule has 0 aromatic heterocycles. The van der Waals surface area contributed by atoms with Crippen LogP contribution in [0.15, 0.2) is 0 Å². The van der Waals surface area contributed by atoms with Gasteiger partial charge in [0.25, 0.3) is 0 Å². The number of hydrogen-bond donors (Lipinski definition) is 1. The summed E-state index contributed by atoms with van der Waals surface area (Å²) in [7, 11) is 0. The van der Waals surface area contributed by atoms with Crippen molar-refractivity contribution in [2.45, 2.75) is 12.5 Å². The molecule has 2 saturated heterocycles. The van der Waals surface area contributed by atoms with Crippen LogP contribution in [0.25, 0.3) is 0 Å². The van der Waals surface area contributed by atoms with E-state index in [2.05, 4.69) is 5.32 Å². The molecule has 0 aromatic carbocycles. The van der Waals surface area contributed by atoms with Crippen molar-refractivity contribution < 1.29 is 14.2 Å². The SMILES string of the molecule is C1COC(C2OCCO2)N1. The van der Waals surface area contributed by atoms with Crippen LogP contribution in [-0.4, -0.2) is 38.9 Å². The molecule has 1 atom stereocenters. The van der Waals surface area contributed by atoms with Crippen molar-refractivity contribution >= 4 is 0 Å². The maximum absolute atomic E-state index is 5.28. The number of nitrogens with one attached hydrogen (secondary N) is 1. The molecule has 0 spiro atoms. The van der Waals surface area contributed by atoms with Crippen LogP contribution < -0.4 is 5.32 Å². The van der Waals surface area contributed by atoms with Crippen LogP contribution in [0.1, 0.15) is 0 Å². The monoisotopic (exact) mass is 145 g/mol. The highest BCUT2D eigenvalue weighted by molar-refractivity contribution is 4.68. The number of ether oxygens (including phenoxy) is 3. The first-order valence-electron chi connectivity index (χ1n) is 3.55. The van der Waals surface area contributed by atoms with Gasteiger partial charge in [-0.25, -0.2) is 0 Å². The zero-order valence-corrected chi connectivity index (χ0v) is 5.71. The molecule has 58 valence electrons. The average Bonchev–Trinajstić information content (AvgIpc) is 2.59. The van der Waals surface area contributed by atoms with E-state index in [1.807, 2.05) is 0 Å². The third-order valence-electron chi connectivity index (χ3n) is 1.64. The minimum Gasteiger partial charge on any atom is -0.357 e. The average molecular weight is 145 g/mol. The van der Waals surface area contributed by atoms with Gasteiger partial charge in [0, 0.05) is 6.54 Å². The molecule has 0 amide bonds. The highest BCUT2D eigenvalue weighted by atomic mass is 16.7. The minimum absolute atomic E-state index is 0.0394. The molecule has 1 unspecified atom stereocenters. The van der Waals surface area contributed by atoms with Crippen LogP contribution >= 0.6 is 0 Å². The van der Waals surface area contributed by atoms with Crippen LogP contribution in [0.4, 0.5) is 0 Å². The largest absolute Gasteiger partial charge is 0.357 e. The molecular weight excluding hydrogens is 134 g/mol. The Morgan fingerprint density at radius 3 is 2.40 bits per heavy atom. The van der Waals surface area contributed by atoms with Crippen LogP contribution in [0.5, 0.6) is 0 Å². The second kappa shape index (κ2) is 2.84. The van der Waals surface area contributed by atoms with E-state index in [0.29, 0.717) is 13.2 Å². The molecule has 4 heteroatoms. The van der Waals surface area contributed by atoms with E-state index in [1.54, 1.807) is 0 Å². The predicted octanol–water partition coefficient (Wildman–Crippen LogP) is -0.695. The molecule has 1 N–H and O–H groups in total. The van der Waals surface area contributed by atoms with Gasteiger partial charge < -0.3 is 14.2 Å². The summed E-state index contributed by atoms with van der Waals surface area (Å²) in [4.78, 5) is 0. The van der Waals surface area contributed by atoms with Crippen molar-refractivity contribution in [3.63, 3.8) is 0 Å². The third kappa shape index (κ3) is 1.15. The Hall–Kier alpha value is -0.160. The summed E-state index contributed by atoms with van der Waals surface area (Å²) in [5, 5.41) is 3.13. The topological polar surface area (TPSA) is 39.7 Å². The molecule has 0 bridgehead atoms. The lowest BCUT2D eigenvalue weighted by Gasteiger charge is -2.15.